The number of anilines is 1. The van der Waals surface area contributed by atoms with E-state index in [-0.39, 0.29) is 5.91 Å². The molecule has 0 aliphatic heterocycles. The van der Waals surface area contributed by atoms with E-state index in [0.717, 1.165) is 0 Å². The highest BCUT2D eigenvalue weighted by Crippen LogP contribution is 2.16. The maximum atomic E-state index is 12.1. The number of hydrogen-bond donors (Lipinski definition) is 1. The summed E-state index contributed by atoms with van der Waals surface area (Å²) in [5.74, 6) is -0.0602. The van der Waals surface area contributed by atoms with Crippen molar-refractivity contribution in [3.63, 3.8) is 0 Å². The van der Waals surface area contributed by atoms with Crippen LogP contribution < -0.4 is 5.32 Å². The van der Waals surface area contributed by atoms with E-state index in [0.29, 0.717) is 30.8 Å². The van der Waals surface area contributed by atoms with Crippen molar-refractivity contribution in [2.24, 2.45) is 0 Å². The molecule has 1 rings (SSSR count). The summed E-state index contributed by atoms with van der Waals surface area (Å²) in [6.07, 6.45) is 0.578. The normalized spacial score (nSPS) is 9.62. The van der Waals surface area contributed by atoms with Gasteiger partial charge in [0.1, 0.15) is 0 Å². The summed E-state index contributed by atoms with van der Waals surface area (Å²) in [6.45, 7) is 5.17. The minimum Gasteiger partial charge on any atom is -0.339 e. The first-order valence-corrected chi connectivity index (χ1v) is 5.33. The topological polar surface area (TPSA) is 49.4 Å². The fraction of sp³-hybridized carbons (Fsp3) is 0.333. The highest BCUT2D eigenvalue weighted by Gasteiger charge is 2.15. The molecule has 0 aliphatic carbocycles. The number of benzene rings is 1. The van der Waals surface area contributed by atoms with Gasteiger partial charge in [0.05, 0.1) is 11.3 Å². The molecule has 0 saturated heterocycles. The standard InChI is InChI=1S/C12H16N2O2/c1-3-14(4-2)12(16)10-7-5-6-8-11(10)13-9-15/h5-9H,3-4H2,1-2H3,(H,13,15). The lowest BCUT2D eigenvalue weighted by Gasteiger charge is -2.19. The molecule has 1 aromatic rings. The molecule has 4 heteroatoms. The van der Waals surface area contributed by atoms with Gasteiger partial charge in [-0.3, -0.25) is 9.59 Å². The predicted octanol–water partition coefficient (Wildman–Crippen LogP) is 1.74. The van der Waals surface area contributed by atoms with Crippen molar-refractivity contribution in [2.45, 2.75) is 13.8 Å². The molecule has 0 aliphatic rings. The van der Waals surface area contributed by atoms with Gasteiger partial charge in [-0.1, -0.05) is 12.1 Å². The van der Waals surface area contributed by atoms with Crippen molar-refractivity contribution in [3.05, 3.63) is 29.8 Å². The second-order valence-electron chi connectivity index (χ2n) is 3.29. The van der Waals surface area contributed by atoms with Crippen LogP contribution >= 0.6 is 0 Å². The number of carbonyl (C=O) groups is 2. The zero-order chi connectivity index (χ0) is 12.0. The Bertz CT molecular complexity index is 373. The number of rotatable bonds is 5. The minimum absolute atomic E-state index is 0.0602. The number of amides is 2. The molecule has 0 fully saturated rings. The summed E-state index contributed by atoms with van der Waals surface area (Å²) >= 11 is 0. The highest BCUT2D eigenvalue weighted by atomic mass is 16.2. The van der Waals surface area contributed by atoms with Crippen LogP contribution in [0.5, 0.6) is 0 Å². The third-order valence-corrected chi connectivity index (χ3v) is 2.42. The van der Waals surface area contributed by atoms with Crippen LogP contribution in [0.15, 0.2) is 24.3 Å². The Labute approximate surface area is 95.3 Å². The smallest absolute Gasteiger partial charge is 0.255 e. The maximum absolute atomic E-state index is 12.1. The molecule has 0 heterocycles. The highest BCUT2D eigenvalue weighted by molar-refractivity contribution is 6.01. The number of para-hydroxylation sites is 1. The second kappa shape index (κ2) is 5.90. The lowest BCUT2D eigenvalue weighted by Crippen LogP contribution is -2.31. The Kier molecular flexibility index (Phi) is 4.51. The molecule has 0 spiro atoms. The molecule has 2 amide bonds. The Morgan fingerprint density at radius 3 is 2.50 bits per heavy atom. The van der Waals surface area contributed by atoms with Gasteiger partial charge in [-0.2, -0.15) is 0 Å². The van der Waals surface area contributed by atoms with Gasteiger partial charge in [0, 0.05) is 13.1 Å². The van der Waals surface area contributed by atoms with Crippen molar-refractivity contribution >= 4 is 18.0 Å². The molecule has 1 aromatic carbocycles. The quantitative estimate of drug-likeness (QED) is 0.768. The van der Waals surface area contributed by atoms with E-state index in [1.54, 1.807) is 29.2 Å². The van der Waals surface area contributed by atoms with E-state index in [2.05, 4.69) is 5.32 Å². The molecule has 86 valence electrons. The number of nitrogens with one attached hydrogen (secondary N) is 1. The van der Waals surface area contributed by atoms with E-state index in [4.69, 9.17) is 0 Å². The van der Waals surface area contributed by atoms with Gasteiger partial charge in [-0.15, -0.1) is 0 Å². The minimum atomic E-state index is -0.0602. The van der Waals surface area contributed by atoms with Gasteiger partial charge >= 0.3 is 0 Å². The third-order valence-electron chi connectivity index (χ3n) is 2.42. The molecule has 0 unspecified atom stereocenters. The first-order valence-electron chi connectivity index (χ1n) is 5.33. The zero-order valence-corrected chi connectivity index (χ0v) is 9.56. The van der Waals surface area contributed by atoms with E-state index in [1.807, 2.05) is 13.8 Å². The molecule has 4 nitrogen and oxygen atoms in total. The Morgan fingerprint density at radius 2 is 1.94 bits per heavy atom. The fourth-order valence-electron chi connectivity index (χ4n) is 1.54. The fourth-order valence-corrected chi connectivity index (χ4v) is 1.54. The van der Waals surface area contributed by atoms with Crippen molar-refractivity contribution in [3.8, 4) is 0 Å². The van der Waals surface area contributed by atoms with Crippen molar-refractivity contribution in [1.29, 1.82) is 0 Å². The summed E-state index contributed by atoms with van der Waals surface area (Å²) in [4.78, 5) is 24.2. The van der Waals surface area contributed by atoms with Crippen LogP contribution in [0, 0.1) is 0 Å². The third kappa shape index (κ3) is 2.59. The lowest BCUT2D eigenvalue weighted by molar-refractivity contribution is -0.105. The Hall–Kier alpha value is -1.84. The molecular formula is C12H16N2O2. The Balaban J connectivity index is 3.01. The molecule has 16 heavy (non-hydrogen) atoms. The molecule has 0 radical (unpaired) electrons. The van der Waals surface area contributed by atoms with E-state index in [1.165, 1.54) is 0 Å². The Morgan fingerprint density at radius 1 is 1.31 bits per heavy atom. The van der Waals surface area contributed by atoms with E-state index < -0.39 is 0 Å². The van der Waals surface area contributed by atoms with Gasteiger partial charge in [0.25, 0.3) is 5.91 Å². The largest absolute Gasteiger partial charge is 0.339 e. The van der Waals surface area contributed by atoms with Gasteiger partial charge in [0.2, 0.25) is 6.41 Å². The van der Waals surface area contributed by atoms with Gasteiger partial charge in [0.15, 0.2) is 0 Å². The van der Waals surface area contributed by atoms with E-state index >= 15 is 0 Å². The summed E-state index contributed by atoms with van der Waals surface area (Å²) < 4.78 is 0. The van der Waals surface area contributed by atoms with Crippen LogP contribution in [0.3, 0.4) is 0 Å². The molecular weight excluding hydrogens is 204 g/mol. The van der Waals surface area contributed by atoms with Crippen molar-refractivity contribution in [1.82, 2.24) is 4.90 Å². The maximum Gasteiger partial charge on any atom is 0.255 e. The second-order valence-corrected chi connectivity index (χ2v) is 3.29. The number of carbonyl (C=O) groups excluding carboxylic acids is 2. The lowest BCUT2D eigenvalue weighted by atomic mass is 10.1. The SMILES string of the molecule is CCN(CC)C(=O)c1ccccc1NC=O. The summed E-state index contributed by atoms with van der Waals surface area (Å²) in [7, 11) is 0. The van der Waals surface area contributed by atoms with Crippen molar-refractivity contribution < 1.29 is 9.59 Å². The predicted molar refractivity (Wildman–Crippen MR) is 63.4 cm³/mol. The molecule has 0 atom stereocenters. The zero-order valence-electron chi connectivity index (χ0n) is 9.56. The van der Waals surface area contributed by atoms with Gasteiger partial charge in [-0.05, 0) is 26.0 Å². The van der Waals surface area contributed by atoms with Gasteiger partial charge < -0.3 is 10.2 Å². The first-order chi connectivity index (χ1) is 7.74. The summed E-state index contributed by atoms with van der Waals surface area (Å²) in [6, 6.07) is 7.00. The van der Waals surface area contributed by atoms with Crippen LogP contribution in [-0.2, 0) is 4.79 Å². The van der Waals surface area contributed by atoms with Crippen LogP contribution in [-0.4, -0.2) is 30.3 Å². The van der Waals surface area contributed by atoms with Crippen LogP contribution in [0.2, 0.25) is 0 Å². The molecule has 0 aromatic heterocycles. The number of nitrogens with zero attached hydrogens (tertiary/aromatic N) is 1. The summed E-state index contributed by atoms with van der Waals surface area (Å²) in [5.41, 5.74) is 1.08. The first kappa shape index (κ1) is 12.2. The number of hydrogen-bond acceptors (Lipinski definition) is 2. The monoisotopic (exact) mass is 220 g/mol. The molecule has 0 bridgehead atoms. The van der Waals surface area contributed by atoms with E-state index in [9.17, 15) is 9.59 Å². The van der Waals surface area contributed by atoms with Crippen LogP contribution in [0.4, 0.5) is 5.69 Å². The van der Waals surface area contributed by atoms with Crippen molar-refractivity contribution in [2.75, 3.05) is 18.4 Å². The van der Waals surface area contributed by atoms with Crippen LogP contribution in [0.25, 0.3) is 0 Å². The average Bonchev–Trinajstić information content (AvgIpc) is 2.31. The van der Waals surface area contributed by atoms with Gasteiger partial charge in [-0.25, -0.2) is 0 Å². The molecule has 0 saturated carbocycles. The van der Waals surface area contributed by atoms with Crippen LogP contribution in [0.1, 0.15) is 24.2 Å². The molecule has 1 N–H and O–H groups in total. The summed E-state index contributed by atoms with van der Waals surface area (Å²) in [5, 5.41) is 2.53. The average molecular weight is 220 g/mol.